The number of amides is 1. The van der Waals surface area contributed by atoms with Crippen LogP contribution in [0.15, 0.2) is 63.9 Å². The van der Waals surface area contributed by atoms with Crippen LogP contribution >= 0.6 is 0 Å². The van der Waals surface area contributed by atoms with E-state index in [1.165, 1.54) is 19.1 Å². The SMILES string of the molecule is Cc1cc(=O)oc2cc(O[C@@H](C)C(=O)N[C@H](Cc3c[nH]c4ccccc34)C(=O)O)ccc12. The van der Waals surface area contributed by atoms with Crippen molar-refractivity contribution in [1.82, 2.24) is 10.3 Å². The largest absolute Gasteiger partial charge is 0.481 e. The first-order chi connectivity index (χ1) is 15.3. The predicted molar refractivity (Wildman–Crippen MR) is 119 cm³/mol. The van der Waals surface area contributed by atoms with Gasteiger partial charge in [-0.2, -0.15) is 0 Å². The number of ether oxygens (including phenoxy) is 1. The van der Waals surface area contributed by atoms with Crippen molar-refractivity contribution < 1.29 is 23.8 Å². The zero-order valence-electron chi connectivity index (χ0n) is 17.5. The lowest BCUT2D eigenvalue weighted by molar-refractivity contribution is -0.142. The minimum atomic E-state index is -1.14. The third-order valence-electron chi connectivity index (χ3n) is 5.32. The number of fused-ring (bicyclic) bond motifs is 2. The Hall–Kier alpha value is -4.07. The van der Waals surface area contributed by atoms with Gasteiger partial charge in [-0.1, -0.05) is 18.2 Å². The second-order valence-electron chi connectivity index (χ2n) is 7.63. The topological polar surface area (TPSA) is 122 Å². The number of carboxylic acids is 1. The Morgan fingerprint density at radius 3 is 2.72 bits per heavy atom. The highest BCUT2D eigenvalue weighted by Crippen LogP contribution is 2.23. The van der Waals surface area contributed by atoms with Gasteiger partial charge in [-0.3, -0.25) is 4.79 Å². The zero-order valence-corrected chi connectivity index (χ0v) is 17.5. The number of carbonyl (C=O) groups is 2. The second-order valence-corrected chi connectivity index (χ2v) is 7.63. The summed E-state index contributed by atoms with van der Waals surface area (Å²) in [4.78, 5) is 39.1. The molecule has 1 amide bonds. The van der Waals surface area contributed by atoms with E-state index in [1.807, 2.05) is 24.3 Å². The van der Waals surface area contributed by atoms with Gasteiger partial charge in [-0.15, -0.1) is 0 Å². The molecule has 164 valence electrons. The monoisotopic (exact) mass is 434 g/mol. The fraction of sp³-hybridized carbons (Fsp3) is 0.208. The number of hydrogen-bond acceptors (Lipinski definition) is 5. The van der Waals surface area contributed by atoms with Crippen molar-refractivity contribution >= 4 is 33.7 Å². The Morgan fingerprint density at radius 2 is 1.94 bits per heavy atom. The number of aromatic nitrogens is 1. The lowest BCUT2D eigenvalue weighted by Crippen LogP contribution is -2.47. The van der Waals surface area contributed by atoms with E-state index in [1.54, 1.807) is 25.3 Å². The van der Waals surface area contributed by atoms with E-state index in [-0.39, 0.29) is 6.42 Å². The molecule has 3 N–H and O–H groups in total. The molecule has 0 unspecified atom stereocenters. The maximum Gasteiger partial charge on any atom is 0.336 e. The summed E-state index contributed by atoms with van der Waals surface area (Å²) in [6.07, 6.45) is 0.907. The van der Waals surface area contributed by atoms with Crippen molar-refractivity contribution in [2.75, 3.05) is 0 Å². The molecular weight excluding hydrogens is 412 g/mol. The van der Waals surface area contributed by atoms with Gasteiger partial charge in [0.2, 0.25) is 0 Å². The molecule has 2 aromatic heterocycles. The predicted octanol–water partition coefficient (Wildman–Crippen LogP) is 3.16. The summed E-state index contributed by atoms with van der Waals surface area (Å²) in [5.74, 6) is -1.38. The van der Waals surface area contributed by atoms with Crippen molar-refractivity contribution in [1.29, 1.82) is 0 Å². The van der Waals surface area contributed by atoms with Gasteiger partial charge < -0.3 is 24.6 Å². The number of H-pyrrole nitrogens is 1. The minimum Gasteiger partial charge on any atom is -0.481 e. The summed E-state index contributed by atoms with van der Waals surface area (Å²) >= 11 is 0. The summed E-state index contributed by atoms with van der Waals surface area (Å²) in [5.41, 5.74) is 2.34. The molecule has 8 heteroatoms. The lowest BCUT2D eigenvalue weighted by Gasteiger charge is -2.19. The van der Waals surface area contributed by atoms with Crippen molar-refractivity contribution in [3.63, 3.8) is 0 Å². The Morgan fingerprint density at radius 1 is 1.16 bits per heavy atom. The van der Waals surface area contributed by atoms with Crippen LogP contribution in [0.4, 0.5) is 0 Å². The van der Waals surface area contributed by atoms with E-state index >= 15 is 0 Å². The highest BCUT2D eigenvalue weighted by molar-refractivity contribution is 5.88. The standard InChI is InChI=1S/C24H22N2O6/c1-13-9-22(27)32-21-11-16(7-8-17(13)21)31-14(2)23(28)26-20(24(29)30)10-15-12-25-19-6-4-3-5-18(15)19/h3-9,11-12,14,20,25H,10H2,1-2H3,(H,26,28)(H,29,30)/t14-,20+/m0/s1. The molecule has 4 aromatic rings. The number of rotatable bonds is 7. The van der Waals surface area contributed by atoms with E-state index in [2.05, 4.69) is 10.3 Å². The number of hydrogen-bond donors (Lipinski definition) is 3. The number of benzene rings is 2. The minimum absolute atomic E-state index is 0.123. The van der Waals surface area contributed by atoms with Crippen LogP contribution in [0.1, 0.15) is 18.1 Å². The van der Waals surface area contributed by atoms with E-state index < -0.39 is 29.6 Å². The van der Waals surface area contributed by atoms with Crippen molar-refractivity contribution in [2.45, 2.75) is 32.4 Å². The van der Waals surface area contributed by atoms with E-state index in [4.69, 9.17) is 9.15 Å². The summed E-state index contributed by atoms with van der Waals surface area (Å²) in [6, 6.07) is 12.8. The first kappa shape index (κ1) is 21.2. The average molecular weight is 434 g/mol. The Kier molecular flexibility index (Phi) is 5.68. The molecule has 2 atom stereocenters. The number of para-hydroxylation sites is 1. The highest BCUT2D eigenvalue weighted by atomic mass is 16.5. The molecule has 0 aliphatic carbocycles. The first-order valence-corrected chi connectivity index (χ1v) is 10.1. The highest BCUT2D eigenvalue weighted by Gasteiger charge is 2.25. The van der Waals surface area contributed by atoms with Gasteiger partial charge >= 0.3 is 11.6 Å². The molecule has 0 fully saturated rings. The van der Waals surface area contributed by atoms with Gasteiger partial charge in [0.25, 0.3) is 5.91 Å². The van der Waals surface area contributed by atoms with Crippen LogP contribution in [0, 0.1) is 6.92 Å². The van der Waals surface area contributed by atoms with Gasteiger partial charge in [-0.05, 0) is 43.2 Å². The van der Waals surface area contributed by atoms with Crippen LogP contribution in [0.25, 0.3) is 21.9 Å². The Labute approximate surface area is 182 Å². The smallest absolute Gasteiger partial charge is 0.336 e. The van der Waals surface area contributed by atoms with Gasteiger partial charge in [-0.25, -0.2) is 9.59 Å². The normalized spacial score (nSPS) is 13.1. The number of aryl methyl sites for hydroxylation is 1. The van der Waals surface area contributed by atoms with Crippen molar-refractivity contribution in [3.05, 3.63) is 76.3 Å². The van der Waals surface area contributed by atoms with Crippen LogP contribution in [0.3, 0.4) is 0 Å². The molecule has 8 nitrogen and oxygen atoms in total. The Balaban J connectivity index is 1.47. The lowest BCUT2D eigenvalue weighted by atomic mass is 10.0. The van der Waals surface area contributed by atoms with Crippen LogP contribution in [0.5, 0.6) is 5.75 Å². The van der Waals surface area contributed by atoms with E-state index in [9.17, 15) is 19.5 Å². The fourth-order valence-corrected chi connectivity index (χ4v) is 3.65. The third kappa shape index (κ3) is 4.34. The van der Waals surface area contributed by atoms with Crippen LogP contribution in [0.2, 0.25) is 0 Å². The molecular formula is C24H22N2O6. The zero-order chi connectivity index (χ0) is 22.8. The number of carbonyl (C=O) groups excluding carboxylic acids is 1. The molecule has 0 aliphatic heterocycles. The fourth-order valence-electron chi connectivity index (χ4n) is 3.65. The summed E-state index contributed by atoms with van der Waals surface area (Å²) in [6.45, 7) is 3.33. The summed E-state index contributed by atoms with van der Waals surface area (Å²) < 4.78 is 10.9. The van der Waals surface area contributed by atoms with Crippen molar-refractivity contribution in [3.8, 4) is 5.75 Å². The molecule has 0 aliphatic rings. The number of aliphatic carboxylic acids is 1. The van der Waals surface area contributed by atoms with Gasteiger partial charge in [0.05, 0.1) is 0 Å². The molecule has 4 rings (SSSR count). The molecule has 2 heterocycles. The van der Waals surface area contributed by atoms with Crippen molar-refractivity contribution in [2.24, 2.45) is 0 Å². The first-order valence-electron chi connectivity index (χ1n) is 10.1. The molecule has 32 heavy (non-hydrogen) atoms. The third-order valence-corrected chi connectivity index (χ3v) is 5.32. The maximum atomic E-state index is 12.6. The van der Waals surface area contributed by atoms with E-state index in [0.717, 1.165) is 27.4 Å². The average Bonchev–Trinajstić information content (AvgIpc) is 3.15. The van der Waals surface area contributed by atoms with Gasteiger partial charge in [0.1, 0.15) is 17.4 Å². The molecule has 0 spiro atoms. The Bertz CT molecular complexity index is 1370. The van der Waals surface area contributed by atoms with Crippen LogP contribution < -0.4 is 15.7 Å². The number of carboxylic acid groups (broad SMARTS) is 1. The molecule has 0 radical (unpaired) electrons. The van der Waals surface area contributed by atoms with Gasteiger partial charge in [0.15, 0.2) is 6.10 Å². The summed E-state index contributed by atoms with van der Waals surface area (Å²) in [7, 11) is 0. The number of aromatic amines is 1. The van der Waals surface area contributed by atoms with Crippen LogP contribution in [-0.4, -0.2) is 34.1 Å². The second kappa shape index (κ2) is 8.58. The maximum absolute atomic E-state index is 12.6. The molecule has 0 bridgehead atoms. The van der Waals surface area contributed by atoms with Crippen LogP contribution in [-0.2, 0) is 16.0 Å². The molecule has 2 aromatic carbocycles. The summed E-state index contributed by atoms with van der Waals surface area (Å²) in [5, 5.41) is 13.8. The molecule has 0 saturated heterocycles. The number of nitrogens with one attached hydrogen (secondary N) is 2. The quantitative estimate of drug-likeness (QED) is 0.384. The molecule has 0 saturated carbocycles. The van der Waals surface area contributed by atoms with E-state index in [0.29, 0.717) is 11.3 Å². The van der Waals surface area contributed by atoms with Gasteiger partial charge in [0, 0.05) is 41.0 Å².